The van der Waals surface area contributed by atoms with E-state index in [1.807, 2.05) is 12.1 Å². The lowest BCUT2D eigenvalue weighted by Crippen LogP contribution is -2.26. The highest BCUT2D eigenvalue weighted by molar-refractivity contribution is 6.31. The van der Waals surface area contributed by atoms with Crippen molar-refractivity contribution < 1.29 is 0 Å². The van der Waals surface area contributed by atoms with Crippen molar-refractivity contribution in [3.8, 4) is 0 Å². The van der Waals surface area contributed by atoms with Gasteiger partial charge in [0.15, 0.2) is 0 Å². The molecule has 2 rings (SSSR count). The van der Waals surface area contributed by atoms with Crippen molar-refractivity contribution in [1.82, 2.24) is 4.90 Å². The van der Waals surface area contributed by atoms with Crippen LogP contribution in [0.1, 0.15) is 37.3 Å². The molecule has 98 valence electrons. The van der Waals surface area contributed by atoms with Gasteiger partial charge >= 0.3 is 0 Å². The maximum Gasteiger partial charge on any atom is 0.122 e. The molecule has 0 radical (unpaired) electrons. The summed E-state index contributed by atoms with van der Waals surface area (Å²) in [5, 5.41) is 8.11. The molecule has 0 unspecified atom stereocenters. The highest BCUT2D eigenvalue weighted by atomic mass is 35.5. The average molecular weight is 266 g/mol. The number of halogens is 1. The number of nitrogens with two attached hydrogens (primary N) is 1. The Morgan fingerprint density at radius 2 is 2.22 bits per heavy atom. The summed E-state index contributed by atoms with van der Waals surface area (Å²) in [7, 11) is 0. The molecule has 0 aromatic heterocycles. The second kappa shape index (κ2) is 5.72. The fourth-order valence-electron chi connectivity index (χ4n) is 2.18. The zero-order valence-electron chi connectivity index (χ0n) is 10.7. The molecule has 1 saturated carbocycles. The van der Waals surface area contributed by atoms with E-state index in [9.17, 15) is 0 Å². The zero-order valence-corrected chi connectivity index (χ0v) is 11.5. The van der Waals surface area contributed by atoms with Gasteiger partial charge in [0, 0.05) is 23.2 Å². The van der Waals surface area contributed by atoms with Crippen molar-refractivity contribution in [2.24, 2.45) is 5.73 Å². The van der Waals surface area contributed by atoms with Crippen molar-refractivity contribution in [3.63, 3.8) is 0 Å². The van der Waals surface area contributed by atoms with Gasteiger partial charge in [-0.25, -0.2) is 0 Å². The van der Waals surface area contributed by atoms with E-state index in [1.54, 1.807) is 6.07 Å². The topological polar surface area (TPSA) is 53.1 Å². The molecular weight excluding hydrogens is 246 g/mol. The molecule has 1 aromatic rings. The van der Waals surface area contributed by atoms with E-state index in [0.29, 0.717) is 10.6 Å². The summed E-state index contributed by atoms with van der Waals surface area (Å²) in [5.74, 6) is 0.0658. The molecule has 0 bridgehead atoms. The van der Waals surface area contributed by atoms with Crippen molar-refractivity contribution in [2.75, 3.05) is 6.54 Å². The second-order valence-electron chi connectivity index (χ2n) is 4.92. The van der Waals surface area contributed by atoms with Crippen LogP contribution < -0.4 is 5.73 Å². The highest BCUT2D eigenvalue weighted by Gasteiger charge is 2.28. The minimum Gasteiger partial charge on any atom is -0.384 e. The van der Waals surface area contributed by atoms with E-state index in [4.69, 9.17) is 22.7 Å². The van der Waals surface area contributed by atoms with E-state index < -0.39 is 0 Å². The zero-order chi connectivity index (χ0) is 13.1. The van der Waals surface area contributed by atoms with Crippen LogP contribution in [0, 0.1) is 5.41 Å². The Hall–Kier alpha value is -1.06. The minimum atomic E-state index is 0.0658. The molecular formula is C14H20ClN3. The highest BCUT2D eigenvalue weighted by Crippen LogP contribution is 2.30. The largest absolute Gasteiger partial charge is 0.384 e. The second-order valence-corrected chi connectivity index (χ2v) is 5.33. The third-order valence-corrected chi connectivity index (χ3v) is 3.66. The Bertz CT molecular complexity index is 441. The third-order valence-electron chi connectivity index (χ3n) is 3.31. The van der Waals surface area contributed by atoms with E-state index in [2.05, 4.69) is 11.8 Å². The Balaban J connectivity index is 2.10. The number of hydrogen-bond acceptors (Lipinski definition) is 2. The van der Waals surface area contributed by atoms with Crippen LogP contribution in [-0.4, -0.2) is 23.3 Å². The summed E-state index contributed by atoms with van der Waals surface area (Å²) >= 11 is 6.26. The summed E-state index contributed by atoms with van der Waals surface area (Å²) in [6.07, 6.45) is 3.78. The van der Waals surface area contributed by atoms with E-state index in [1.165, 1.54) is 19.3 Å². The fourth-order valence-corrected chi connectivity index (χ4v) is 2.42. The molecule has 3 nitrogen and oxygen atoms in total. The molecule has 3 N–H and O–H groups in total. The van der Waals surface area contributed by atoms with Gasteiger partial charge in [-0.1, -0.05) is 30.7 Å². The van der Waals surface area contributed by atoms with Gasteiger partial charge in [0.25, 0.3) is 0 Å². The summed E-state index contributed by atoms with van der Waals surface area (Å²) in [6, 6.07) is 6.40. The number of nitrogens with one attached hydrogen (secondary N) is 1. The molecule has 1 aliphatic rings. The number of rotatable bonds is 6. The summed E-state index contributed by atoms with van der Waals surface area (Å²) in [4.78, 5) is 2.49. The van der Waals surface area contributed by atoms with Gasteiger partial charge in [0.1, 0.15) is 5.84 Å². The lowest BCUT2D eigenvalue weighted by atomic mass is 10.1. The summed E-state index contributed by atoms with van der Waals surface area (Å²) in [5.41, 5.74) is 7.27. The molecule has 0 saturated heterocycles. The average Bonchev–Trinajstić information content (AvgIpc) is 3.14. The van der Waals surface area contributed by atoms with Crippen LogP contribution in [0.25, 0.3) is 0 Å². The monoisotopic (exact) mass is 265 g/mol. The van der Waals surface area contributed by atoms with E-state index in [0.717, 1.165) is 24.7 Å². The molecule has 0 aliphatic heterocycles. The van der Waals surface area contributed by atoms with Gasteiger partial charge < -0.3 is 5.73 Å². The molecule has 0 heterocycles. The van der Waals surface area contributed by atoms with Crippen LogP contribution in [0.3, 0.4) is 0 Å². The first-order chi connectivity index (χ1) is 8.61. The Labute approximate surface area is 113 Å². The van der Waals surface area contributed by atoms with Gasteiger partial charge in [-0.3, -0.25) is 10.3 Å². The molecule has 0 atom stereocenters. The predicted octanol–water partition coefficient (Wildman–Crippen LogP) is 3.00. The smallest absolute Gasteiger partial charge is 0.122 e. The third kappa shape index (κ3) is 3.24. The first-order valence-electron chi connectivity index (χ1n) is 6.48. The fraction of sp³-hybridized carbons (Fsp3) is 0.500. The van der Waals surface area contributed by atoms with Crippen LogP contribution in [0.4, 0.5) is 0 Å². The number of nitrogen functional groups attached to an aromatic ring is 1. The Morgan fingerprint density at radius 3 is 2.72 bits per heavy atom. The SMILES string of the molecule is CCCN(Cc1ccc(C(=N)N)cc1Cl)C1CC1. The standard InChI is InChI=1S/C14H20ClN3/c1-2-7-18(12-5-6-12)9-11-4-3-10(14(16)17)8-13(11)15/h3-4,8,12H,2,5-7,9H2,1H3,(H3,16,17). The summed E-state index contributed by atoms with van der Waals surface area (Å²) < 4.78 is 0. The lowest BCUT2D eigenvalue weighted by molar-refractivity contribution is 0.255. The van der Waals surface area contributed by atoms with Gasteiger partial charge in [0.05, 0.1) is 0 Å². The Morgan fingerprint density at radius 1 is 1.50 bits per heavy atom. The van der Waals surface area contributed by atoms with Crippen LogP contribution >= 0.6 is 11.6 Å². The molecule has 4 heteroatoms. The van der Waals surface area contributed by atoms with Crippen LogP contribution in [0.15, 0.2) is 18.2 Å². The number of hydrogen-bond donors (Lipinski definition) is 2. The van der Waals surface area contributed by atoms with Crippen LogP contribution in [0.5, 0.6) is 0 Å². The number of amidine groups is 1. The minimum absolute atomic E-state index is 0.0658. The first kappa shape index (κ1) is 13.4. The van der Waals surface area contributed by atoms with Crippen molar-refractivity contribution in [2.45, 2.75) is 38.8 Å². The quantitative estimate of drug-likeness (QED) is 0.614. The van der Waals surface area contributed by atoms with Gasteiger partial charge in [-0.05, 0) is 37.4 Å². The van der Waals surface area contributed by atoms with E-state index >= 15 is 0 Å². The van der Waals surface area contributed by atoms with Crippen molar-refractivity contribution >= 4 is 17.4 Å². The molecule has 0 spiro atoms. The molecule has 1 aromatic carbocycles. The van der Waals surface area contributed by atoms with Gasteiger partial charge in [0.2, 0.25) is 0 Å². The first-order valence-corrected chi connectivity index (χ1v) is 6.86. The molecule has 1 fully saturated rings. The van der Waals surface area contributed by atoms with Crippen LogP contribution in [-0.2, 0) is 6.54 Å². The molecule has 18 heavy (non-hydrogen) atoms. The van der Waals surface area contributed by atoms with Crippen molar-refractivity contribution in [3.05, 3.63) is 34.3 Å². The van der Waals surface area contributed by atoms with Crippen LogP contribution in [0.2, 0.25) is 5.02 Å². The number of nitrogens with zero attached hydrogens (tertiary/aromatic N) is 1. The predicted molar refractivity (Wildman–Crippen MR) is 76.2 cm³/mol. The van der Waals surface area contributed by atoms with E-state index in [-0.39, 0.29) is 5.84 Å². The van der Waals surface area contributed by atoms with Gasteiger partial charge in [-0.2, -0.15) is 0 Å². The van der Waals surface area contributed by atoms with Gasteiger partial charge in [-0.15, -0.1) is 0 Å². The maximum atomic E-state index is 7.40. The maximum absolute atomic E-state index is 7.40. The number of benzene rings is 1. The molecule has 0 amide bonds. The molecule has 1 aliphatic carbocycles. The summed E-state index contributed by atoms with van der Waals surface area (Å²) in [6.45, 7) is 4.22. The van der Waals surface area contributed by atoms with Crippen molar-refractivity contribution in [1.29, 1.82) is 5.41 Å². The lowest BCUT2D eigenvalue weighted by Gasteiger charge is -2.22. The normalized spacial score (nSPS) is 15.1. The Kier molecular flexibility index (Phi) is 4.25.